The summed E-state index contributed by atoms with van der Waals surface area (Å²) in [6, 6.07) is 17.2. The maximum absolute atomic E-state index is 13.6. The van der Waals surface area contributed by atoms with Gasteiger partial charge < -0.3 is 9.84 Å². The summed E-state index contributed by atoms with van der Waals surface area (Å²) in [5.41, 5.74) is 1.44. The van der Waals surface area contributed by atoms with Gasteiger partial charge >= 0.3 is 0 Å². The number of phenolic OH excluding ortho intramolecular Hbond substituents is 1. The minimum atomic E-state index is -1.12. The number of nitro groups is 1. The Bertz CT molecular complexity index is 1370. The van der Waals surface area contributed by atoms with E-state index < -0.39 is 34.8 Å². The van der Waals surface area contributed by atoms with Crippen LogP contribution >= 0.6 is 15.9 Å². The molecule has 2 heterocycles. The van der Waals surface area contributed by atoms with Crippen LogP contribution in [0.15, 0.2) is 71.2 Å². The van der Waals surface area contributed by atoms with Gasteiger partial charge in [-0.2, -0.15) is 0 Å². The number of carbonyl (C=O) groups excluding carboxylic acids is 2. The van der Waals surface area contributed by atoms with Gasteiger partial charge in [-0.05, 0) is 45.3 Å². The topological polar surface area (TPSA) is 122 Å². The number of phenols is 1. The molecule has 3 atom stereocenters. The quantitative estimate of drug-likeness (QED) is 0.275. The minimum Gasteiger partial charge on any atom is -0.503 e. The molecule has 0 spiro atoms. The molecule has 2 aliphatic heterocycles. The Kier molecular flexibility index (Phi) is 6.10. The summed E-state index contributed by atoms with van der Waals surface area (Å²) in [6.07, 6.45) is -1.12. The fourth-order valence-corrected chi connectivity index (χ4v) is 5.08. The fourth-order valence-electron chi connectivity index (χ4n) is 4.62. The SMILES string of the molecule is COc1cc([C@@H]2[C@H]3C(=O)N(Cc4ccccc4)C(=O)[C@H]3ON2c2cccc([N+](=O)[O-])c2)cc(Br)c1O. The number of rotatable bonds is 6. The standard InChI is InChI=1S/C25H20BrN3O7/c1-35-19-11-15(10-18(26)22(19)30)21-20-23(36-28(21)16-8-5-9-17(12-16)29(33)34)25(32)27(24(20)31)13-14-6-3-2-4-7-14/h2-12,20-21,23,30H,13H2,1H3/t20-,21-,23+/m1/s1. The van der Waals surface area contributed by atoms with Gasteiger partial charge in [-0.25, -0.2) is 5.06 Å². The molecule has 10 nitrogen and oxygen atoms in total. The van der Waals surface area contributed by atoms with Crippen molar-refractivity contribution in [3.63, 3.8) is 0 Å². The van der Waals surface area contributed by atoms with Crippen molar-refractivity contribution in [3.8, 4) is 11.5 Å². The molecule has 5 rings (SSSR count). The molecule has 0 aliphatic carbocycles. The van der Waals surface area contributed by atoms with Crippen LogP contribution in [0.3, 0.4) is 0 Å². The van der Waals surface area contributed by atoms with E-state index in [-0.39, 0.29) is 23.7 Å². The van der Waals surface area contributed by atoms with Crippen molar-refractivity contribution in [2.45, 2.75) is 18.7 Å². The van der Waals surface area contributed by atoms with Gasteiger partial charge in [0.15, 0.2) is 17.6 Å². The second-order valence-electron chi connectivity index (χ2n) is 8.40. The zero-order valence-corrected chi connectivity index (χ0v) is 20.5. The number of amides is 2. The number of aromatic hydroxyl groups is 1. The number of carbonyl (C=O) groups is 2. The van der Waals surface area contributed by atoms with E-state index in [4.69, 9.17) is 9.57 Å². The number of hydrogen-bond donors (Lipinski definition) is 1. The van der Waals surface area contributed by atoms with Crippen molar-refractivity contribution in [1.82, 2.24) is 4.90 Å². The molecule has 36 heavy (non-hydrogen) atoms. The van der Waals surface area contributed by atoms with Gasteiger partial charge in [0.05, 0.1) is 34.8 Å². The first-order valence-corrected chi connectivity index (χ1v) is 11.8. The number of non-ortho nitro benzene ring substituents is 1. The average Bonchev–Trinajstić information content (AvgIpc) is 3.38. The van der Waals surface area contributed by atoms with Crippen molar-refractivity contribution in [2.75, 3.05) is 12.2 Å². The number of anilines is 1. The first-order valence-electron chi connectivity index (χ1n) is 11.0. The maximum Gasteiger partial charge on any atom is 0.271 e. The molecule has 11 heteroatoms. The zero-order valence-electron chi connectivity index (χ0n) is 18.9. The smallest absolute Gasteiger partial charge is 0.271 e. The number of halogens is 1. The van der Waals surface area contributed by atoms with Crippen molar-refractivity contribution in [3.05, 3.63) is 92.4 Å². The number of ether oxygens (including phenoxy) is 1. The number of hydroxylamine groups is 1. The summed E-state index contributed by atoms with van der Waals surface area (Å²) < 4.78 is 5.60. The highest BCUT2D eigenvalue weighted by Crippen LogP contribution is 2.49. The number of likely N-dealkylation sites (tertiary alicyclic amines) is 1. The highest BCUT2D eigenvalue weighted by molar-refractivity contribution is 9.10. The number of nitro benzene ring substituents is 1. The van der Waals surface area contributed by atoms with E-state index in [1.165, 1.54) is 35.3 Å². The van der Waals surface area contributed by atoms with Crippen LogP contribution < -0.4 is 9.80 Å². The Hall–Kier alpha value is -3.96. The minimum absolute atomic E-state index is 0.0982. The van der Waals surface area contributed by atoms with E-state index in [1.54, 1.807) is 18.2 Å². The Morgan fingerprint density at radius 1 is 1.08 bits per heavy atom. The normalized spacial score (nSPS) is 21.1. The Morgan fingerprint density at radius 3 is 2.53 bits per heavy atom. The van der Waals surface area contributed by atoms with Crippen molar-refractivity contribution < 1.29 is 29.2 Å². The summed E-state index contributed by atoms with van der Waals surface area (Å²) >= 11 is 3.31. The van der Waals surface area contributed by atoms with Crippen LogP contribution in [0.4, 0.5) is 11.4 Å². The lowest BCUT2D eigenvalue weighted by Crippen LogP contribution is -2.37. The second kappa shape index (κ2) is 9.25. The summed E-state index contributed by atoms with van der Waals surface area (Å²) in [6.45, 7) is 0.0982. The van der Waals surface area contributed by atoms with Crippen LogP contribution in [0, 0.1) is 16.0 Å². The van der Waals surface area contributed by atoms with Gasteiger partial charge in [0, 0.05) is 12.1 Å². The molecular weight excluding hydrogens is 534 g/mol. The number of fused-ring (bicyclic) bond motifs is 1. The molecule has 3 aromatic rings. The fraction of sp³-hybridized carbons (Fsp3) is 0.200. The van der Waals surface area contributed by atoms with Gasteiger partial charge in [0.2, 0.25) is 5.91 Å². The van der Waals surface area contributed by atoms with Crippen LogP contribution in [0.25, 0.3) is 0 Å². The monoisotopic (exact) mass is 553 g/mol. The molecular formula is C25H20BrN3O7. The van der Waals surface area contributed by atoms with Gasteiger partial charge in [-0.1, -0.05) is 36.4 Å². The highest BCUT2D eigenvalue weighted by Gasteiger charge is 2.60. The molecule has 2 aliphatic rings. The van der Waals surface area contributed by atoms with E-state index in [9.17, 15) is 24.8 Å². The molecule has 0 saturated carbocycles. The lowest BCUT2D eigenvalue weighted by atomic mass is 9.90. The van der Waals surface area contributed by atoms with Crippen LogP contribution in [0.1, 0.15) is 17.2 Å². The van der Waals surface area contributed by atoms with E-state index in [1.807, 2.05) is 30.3 Å². The maximum atomic E-state index is 13.6. The molecule has 0 aromatic heterocycles. The molecule has 3 aromatic carbocycles. The Balaban J connectivity index is 1.59. The number of benzene rings is 3. The molecule has 1 N–H and O–H groups in total. The molecule has 0 bridgehead atoms. The van der Waals surface area contributed by atoms with Gasteiger partial charge in [-0.15, -0.1) is 0 Å². The second-order valence-corrected chi connectivity index (χ2v) is 9.26. The van der Waals surface area contributed by atoms with Crippen LogP contribution in [0.2, 0.25) is 0 Å². The number of nitrogens with zero attached hydrogens (tertiary/aromatic N) is 3. The van der Waals surface area contributed by atoms with Crippen LogP contribution in [0.5, 0.6) is 11.5 Å². The predicted molar refractivity (Wildman–Crippen MR) is 131 cm³/mol. The largest absolute Gasteiger partial charge is 0.503 e. The van der Waals surface area contributed by atoms with E-state index in [0.29, 0.717) is 15.7 Å². The van der Waals surface area contributed by atoms with Crippen LogP contribution in [-0.4, -0.2) is 40.0 Å². The van der Waals surface area contributed by atoms with Crippen LogP contribution in [-0.2, 0) is 21.0 Å². The molecule has 0 radical (unpaired) electrons. The average molecular weight is 554 g/mol. The van der Waals surface area contributed by atoms with E-state index >= 15 is 0 Å². The first kappa shape index (κ1) is 23.8. The lowest BCUT2D eigenvalue weighted by Gasteiger charge is -2.29. The van der Waals surface area contributed by atoms with Crippen molar-refractivity contribution in [2.24, 2.45) is 5.92 Å². The summed E-state index contributed by atoms with van der Waals surface area (Å²) in [5.74, 6) is -1.81. The molecule has 2 fully saturated rings. The third-order valence-electron chi connectivity index (χ3n) is 6.30. The zero-order chi connectivity index (χ0) is 25.6. The lowest BCUT2D eigenvalue weighted by molar-refractivity contribution is -0.384. The van der Waals surface area contributed by atoms with Gasteiger partial charge in [-0.3, -0.25) is 29.4 Å². The van der Waals surface area contributed by atoms with Crippen molar-refractivity contribution >= 4 is 39.1 Å². The molecule has 2 saturated heterocycles. The molecule has 0 unspecified atom stereocenters. The summed E-state index contributed by atoms with van der Waals surface area (Å²) in [4.78, 5) is 45.1. The third-order valence-corrected chi connectivity index (χ3v) is 6.90. The summed E-state index contributed by atoms with van der Waals surface area (Å²) in [7, 11) is 1.39. The highest BCUT2D eigenvalue weighted by atomic mass is 79.9. The Labute approximate surface area is 213 Å². The number of hydrogen-bond acceptors (Lipinski definition) is 8. The van der Waals surface area contributed by atoms with E-state index in [0.717, 1.165) is 5.56 Å². The molecule has 184 valence electrons. The molecule has 2 amide bonds. The third kappa shape index (κ3) is 3.95. The number of methoxy groups -OCH3 is 1. The van der Waals surface area contributed by atoms with Gasteiger partial charge in [0.25, 0.3) is 11.6 Å². The van der Waals surface area contributed by atoms with Crippen molar-refractivity contribution in [1.29, 1.82) is 0 Å². The number of imide groups is 1. The Morgan fingerprint density at radius 2 is 1.83 bits per heavy atom. The first-order chi connectivity index (χ1) is 17.3. The predicted octanol–water partition coefficient (Wildman–Crippen LogP) is 4.12. The summed E-state index contributed by atoms with van der Waals surface area (Å²) in [5, 5.41) is 23.1. The van der Waals surface area contributed by atoms with E-state index in [2.05, 4.69) is 15.9 Å². The van der Waals surface area contributed by atoms with Gasteiger partial charge in [0.1, 0.15) is 5.92 Å².